The normalized spacial score (nSPS) is 10.6. The highest BCUT2D eigenvalue weighted by Gasteiger charge is 1.99. The molecular formula is C14H12Cl3N. The van der Waals surface area contributed by atoms with E-state index in [9.17, 15) is 0 Å². The van der Waals surface area contributed by atoms with Crippen LogP contribution in [0.3, 0.4) is 0 Å². The zero-order valence-corrected chi connectivity index (χ0v) is 11.9. The van der Waals surface area contributed by atoms with Crippen molar-refractivity contribution in [1.82, 2.24) is 5.32 Å². The SMILES string of the molecule is Clc1ccc(CNCc2ccc(Cl)c(Cl)c2)cc1. The van der Waals surface area contributed by atoms with Crippen molar-refractivity contribution >= 4 is 34.8 Å². The van der Waals surface area contributed by atoms with E-state index in [2.05, 4.69) is 5.32 Å². The van der Waals surface area contributed by atoms with Crippen molar-refractivity contribution in [3.05, 3.63) is 68.7 Å². The van der Waals surface area contributed by atoms with Crippen LogP contribution >= 0.6 is 34.8 Å². The third-order valence-corrected chi connectivity index (χ3v) is 3.55. The van der Waals surface area contributed by atoms with Gasteiger partial charge in [-0.15, -0.1) is 0 Å². The highest BCUT2D eigenvalue weighted by Crippen LogP contribution is 2.22. The zero-order chi connectivity index (χ0) is 13.0. The fourth-order valence-corrected chi connectivity index (χ4v) is 2.05. The molecule has 1 nitrogen and oxygen atoms in total. The molecule has 2 rings (SSSR count). The van der Waals surface area contributed by atoms with E-state index in [0.29, 0.717) is 10.0 Å². The number of benzene rings is 2. The van der Waals surface area contributed by atoms with E-state index in [4.69, 9.17) is 34.8 Å². The molecular weight excluding hydrogens is 289 g/mol. The van der Waals surface area contributed by atoms with Crippen LogP contribution in [0.25, 0.3) is 0 Å². The molecule has 0 unspecified atom stereocenters. The molecule has 0 aliphatic carbocycles. The Morgan fingerprint density at radius 2 is 1.33 bits per heavy atom. The van der Waals surface area contributed by atoms with Crippen LogP contribution in [0.4, 0.5) is 0 Å². The predicted octanol–water partition coefficient (Wildman–Crippen LogP) is 4.94. The van der Waals surface area contributed by atoms with Crippen LogP contribution < -0.4 is 5.32 Å². The van der Waals surface area contributed by atoms with E-state index in [1.165, 1.54) is 5.56 Å². The lowest BCUT2D eigenvalue weighted by Crippen LogP contribution is -2.12. The molecule has 0 amide bonds. The molecule has 0 radical (unpaired) electrons. The summed E-state index contributed by atoms with van der Waals surface area (Å²) in [6.07, 6.45) is 0. The Kier molecular flexibility index (Phi) is 4.90. The summed E-state index contributed by atoms with van der Waals surface area (Å²) < 4.78 is 0. The molecule has 0 aliphatic rings. The quantitative estimate of drug-likeness (QED) is 0.843. The highest BCUT2D eigenvalue weighted by atomic mass is 35.5. The summed E-state index contributed by atoms with van der Waals surface area (Å²) in [6, 6.07) is 13.4. The largest absolute Gasteiger partial charge is 0.309 e. The lowest BCUT2D eigenvalue weighted by Gasteiger charge is -2.06. The Bertz CT molecular complexity index is 523. The van der Waals surface area contributed by atoms with Crippen LogP contribution in [0.15, 0.2) is 42.5 Å². The van der Waals surface area contributed by atoms with Gasteiger partial charge < -0.3 is 5.32 Å². The number of nitrogens with one attached hydrogen (secondary N) is 1. The molecule has 1 N–H and O–H groups in total. The molecule has 0 saturated carbocycles. The van der Waals surface area contributed by atoms with Gasteiger partial charge in [0.2, 0.25) is 0 Å². The van der Waals surface area contributed by atoms with Gasteiger partial charge in [0.15, 0.2) is 0 Å². The maximum absolute atomic E-state index is 5.95. The molecule has 0 spiro atoms. The van der Waals surface area contributed by atoms with Gasteiger partial charge in [0.05, 0.1) is 10.0 Å². The van der Waals surface area contributed by atoms with E-state index < -0.39 is 0 Å². The van der Waals surface area contributed by atoms with Gasteiger partial charge in [-0.25, -0.2) is 0 Å². The summed E-state index contributed by atoms with van der Waals surface area (Å²) in [5.41, 5.74) is 2.30. The Balaban J connectivity index is 1.88. The van der Waals surface area contributed by atoms with Crippen LogP contribution in [0.2, 0.25) is 15.1 Å². The van der Waals surface area contributed by atoms with Crippen molar-refractivity contribution in [2.75, 3.05) is 0 Å². The Labute approximate surface area is 122 Å². The molecule has 0 heterocycles. The average Bonchev–Trinajstić information content (AvgIpc) is 2.36. The molecule has 4 heteroatoms. The maximum Gasteiger partial charge on any atom is 0.0595 e. The Morgan fingerprint density at radius 1 is 0.722 bits per heavy atom. The van der Waals surface area contributed by atoms with Crippen molar-refractivity contribution in [3.63, 3.8) is 0 Å². The van der Waals surface area contributed by atoms with Gasteiger partial charge in [-0.2, -0.15) is 0 Å². The van der Waals surface area contributed by atoms with Crippen molar-refractivity contribution in [2.24, 2.45) is 0 Å². The zero-order valence-electron chi connectivity index (χ0n) is 9.59. The smallest absolute Gasteiger partial charge is 0.0595 e. The Morgan fingerprint density at radius 3 is 2.00 bits per heavy atom. The molecule has 94 valence electrons. The summed E-state index contributed by atoms with van der Waals surface area (Å²) in [4.78, 5) is 0. The molecule has 0 aliphatic heterocycles. The highest BCUT2D eigenvalue weighted by molar-refractivity contribution is 6.42. The van der Waals surface area contributed by atoms with Gasteiger partial charge in [-0.1, -0.05) is 53.0 Å². The Hall–Kier alpha value is -0.730. The minimum atomic E-state index is 0.582. The third kappa shape index (κ3) is 3.89. The van der Waals surface area contributed by atoms with E-state index in [-0.39, 0.29) is 0 Å². The van der Waals surface area contributed by atoms with E-state index in [1.807, 2.05) is 42.5 Å². The first kappa shape index (κ1) is 13.7. The van der Waals surface area contributed by atoms with E-state index >= 15 is 0 Å². The molecule has 0 saturated heterocycles. The summed E-state index contributed by atoms with van der Waals surface area (Å²) >= 11 is 17.6. The monoisotopic (exact) mass is 299 g/mol. The van der Waals surface area contributed by atoms with Crippen LogP contribution in [0.1, 0.15) is 11.1 Å². The molecule has 2 aromatic carbocycles. The second-order valence-electron chi connectivity index (χ2n) is 3.98. The molecule has 0 bridgehead atoms. The molecule has 0 atom stereocenters. The lowest BCUT2D eigenvalue weighted by molar-refractivity contribution is 0.693. The lowest BCUT2D eigenvalue weighted by atomic mass is 10.2. The molecule has 18 heavy (non-hydrogen) atoms. The maximum atomic E-state index is 5.95. The number of hydrogen-bond acceptors (Lipinski definition) is 1. The fourth-order valence-electron chi connectivity index (χ4n) is 1.60. The molecule has 0 fully saturated rings. The van der Waals surface area contributed by atoms with E-state index in [0.717, 1.165) is 23.7 Å². The summed E-state index contributed by atoms with van der Waals surface area (Å²) in [5, 5.41) is 5.26. The number of hydrogen-bond donors (Lipinski definition) is 1. The topological polar surface area (TPSA) is 12.0 Å². The van der Waals surface area contributed by atoms with Gasteiger partial charge >= 0.3 is 0 Å². The van der Waals surface area contributed by atoms with Crippen LogP contribution in [0, 0.1) is 0 Å². The number of halogens is 3. The van der Waals surface area contributed by atoms with Gasteiger partial charge in [0.25, 0.3) is 0 Å². The molecule has 0 aromatic heterocycles. The first-order valence-corrected chi connectivity index (χ1v) is 6.67. The van der Waals surface area contributed by atoms with E-state index in [1.54, 1.807) is 0 Å². The fraction of sp³-hybridized carbons (Fsp3) is 0.143. The van der Waals surface area contributed by atoms with Gasteiger partial charge in [0.1, 0.15) is 0 Å². The van der Waals surface area contributed by atoms with Crippen LogP contribution in [-0.4, -0.2) is 0 Å². The van der Waals surface area contributed by atoms with Crippen molar-refractivity contribution in [1.29, 1.82) is 0 Å². The average molecular weight is 301 g/mol. The van der Waals surface area contributed by atoms with Crippen molar-refractivity contribution in [2.45, 2.75) is 13.1 Å². The third-order valence-electron chi connectivity index (χ3n) is 2.56. The summed E-state index contributed by atoms with van der Waals surface area (Å²) in [5.74, 6) is 0. The molecule has 2 aromatic rings. The van der Waals surface area contributed by atoms with Crippen molar-refractivity contribution < 1.29 is 0 Å². The minimum absolute atomic E-state index is 0.582. The van der Waals surface area contributed by atoms with Gasteiger partial charge in [-0.3, -0.25) is 0 Å². The van der Waals surface area contributed by atoms with Gasteiger partial charge in [0, 0.05) is 18.1 Å². The van der Waals surface area contributed by atoms with Crippen LogP contribution in [-0.2, 0) is 13.1 Å². The second kappa shape index (κ2) is 6.44. The first-order valence-electron chi connectivity index (χ1n) is 5.54. The predicted molar refractivity (Wildman–Crippen MR) is 78.5 cm³/mol. The second-order valence-corrected chi connectivity index (χ2v) is 5.23. The standard InChI is InChI=1S/C14H12Cl3N/c15-12-4-1-10(2-5-12)8-18-9-11-3-6-13(16)14(17)7-11/h1-7,18H,8-9H2. The summed E-state index contributed by atoms with van der Waals surface area (Å²) in [7, 11) is 0. The minimum Gasteiger partial charge on any atom is -0.309 e. The van der Waals surface area contributed by atoms with Crippen LogP contribution in [0.5, 0.6) is 0 Å². The van der Waals surface area contributed by atoms with Gasteiger partial charge in [-0.05, 0) is 35.4 Å². The first-order chi connectivity index (χ1) is 8.65. The summed E-state index contributed by atoms with van der Waals surface area (Å²) in [6.45, 7) is 1.54. The number of rotatable bonds is 4. The van der Waals surface area contributed by atoms with Crippen molar-refractivity contribution in [3.8, 4) is 0 Å².